The van der Waals surface area contributed by atoms with Crippen LogP contribution < -0.4 is 5.32 Å². The van der Waals surface area contributed by atoms with E-state index in [0.29, 0.717) is 17.1 Å². The molecular weight excluding hydrogens is 268 g/mol. The number of likely N-dealkylation sites (N-methyl/N-ethyl adjacent to an activating group) is 1. The van der Waals surface area contributed by atoms with Crippen LogP contribution in [0.1, 0.15) is 24.2 Å². The van der Waals surface area contributed by atoms with E-state index in [2.05, 4.69) is 36.7 Å². The van der Waals surface area contributed by atoms with Crippen molar-refractivity contribution in [1.29, 1.82) is 0 Å². The molecule has 1 aromatic rings. The second-order valence-corrected chi connectivity index (χ2v) is 4.87. The van der Waals surface area contributed by atoms with Crippen LogP contribution in [0.5, 0.6) is 0 Å². The van der Waals surface area contributed by atoms with E-state index in [1.54, 1.807) is 18.2 Å². The van der Waals surface area contributed by atoms with E-state index in [1.165, 1.54) is 0 Å². The molecule has 1 N–H and O–H groups in total. The molecule has 0 atom stereocenters. The summed E-state index contributed by atoms with van der Waals surface area (Å²) in [6.07, 6.45) is 0. The second-order valence-electron chi connectivity index (χ2n) is 3.95. The van der Waals surface area contributed by atoms with Crippen molar-refractivity contribution in [2.45, 2.75) is 18.7 Å². The summed E-state index contributed by atoms with van der Waals surface area (Å²) in [4.78, 5) is 14.9. The molecule has 0 unspecified atom stereocenters. The largest absolute Gasteiger partial charge is 0.351 e. The highest BCUT2D eigenvalue weighted by Gasteiger charge is 2.10. The van der Waals surface area contributed by atoms with Crippen LogP contribution >= 0.6 is 24.2 Å². The summed E-state index contributed by atoms with van der Waals surface area (Å²) in [6.45, 7) is 7.64. The minimum atomic E-state index is -0.150. The van der Waals surface area contributed by atoms with E-state index in [9.17, 15) is 4.79 Å². The molecule has 0 radical (unpaired) electrons. The zero-order valence-electron chi connectivity index (χ0n) is 10.7. The van der Waals surface area contributed by atoms with E-state index in [-0.39, 0.29) is 5.91 Å². The smallest absolute Gasteiger partial charge is 0.252 e. The Labute approximate surface area is 119 Å². The Morgan fingerprint density at radius 1 is 1.39 bits per heavy atom. The van der Waals surface area contributed by atoms with Gasteiger partial charge >= 0.3 is 0 Å². The number of carbonyl (C=O) groups excluding carboxylic acids is 1. The molecule has 0 spiro atoms. The summed E-state index contributed by atoms with van der Waals surface area (Å²) in [5, 5.41) is 3.32. The van der Waals surface area contributed by atoms with Crippen molar-refractivity contribution in [3.8, 4) is 0 Å². The maximum absolute atomic E-state index is 11.9. The Kier molecular flexibility index (Phi) is 6.54. The monoisotopic (exact) mass is 286 g/mol. The molecule has 0 bridgehead atoms. The van der Waals surface area contributed by atoms with Gasteiger partial charge in [0.1, 0.15) is 0 Å². The third-order valence-electron chi connectivity index (χ3n) is 2.80. The first-order chi connectivity index (χ1) is 8.58. The van der Waals surface area contributed by atoms with Crippen LogP contribution in [0.25, 0.3) is 0 Å². The fourth-order valence-electron chi connectivity index (χ4n) is 1.65. The van der Waals surface area contributed by atoms with Crippen LogP contribution in [-0.4, -0.2) is 37.0 Å². The molecule has 3 nitrogen and oxygen atoms in total. The van der Waals surface area contributed by atoms with Gasteiger partial charge in [0.05, 0.1) is 10.6 Å². The van der Waals surface area contributed by atoms with Crippen LogP contribution in [0.4, 0.5) is 0 Å². The molecule has 0 fully saturated rings. The highest BCUT2D eigenvalue weighted by Crippen LogP contribution is 2.19. The molecule has 1 aromatic carbocycles. The second kappa shape index (κ2) is 7.67. The number of hydrogen-bond donors (Lipinski definition) is 2. The lowest BCUT2D eigenvalue weighted by atomic mass is 10.2. The van der Waals surface area contributed by atoms with Gasteiger partial charge in [-0.3, -0.25) is 4.79 Å². The lowest BCUT2D eigenvalue weighted by Crippen LogP contribution is -2.34. The van der Waals surface area contributed by atoms with Crippen LogP contribution in [0.3, 0.4) is 0 Å². The molecule has 0 saturated carbocycles. The first-order valence-electron chi connectivity index (χ1n) is 6.07. The zero-order valence-corrected chi connectivity index (χ0v) is 12.4. The van der Waals surface area contributed by atoms with Gasteiger partial charge in [-0.05, 0) is 31.3 Å². The first-order valence-corrected chi connectivity index (χ1v) is 6.90. The predicted molar refractivity (Wildman–Crippen MR) is 78.8 cm³/mol. The Morgan fingerprint density at radius 2 is 2.06 bits per heavy atom. The fourth-order valence-corrected chi connectivity index (χ4v) is 2.06. The predicted octanol–water partition coefficient (Wildman–Crippen LogP) is 2.70. The summed E-state index contributed by atoms with van der Waals surface area (Å²) in [5.41, 5.74) is 0.476. The van der Waals surface area contributed by atoms with Gasteiger partial charge < -0.3 is 10.2 Å². The van der Waals surface area contributed by atoms with Gasteiger partial charge in [0.25, 0.3) is 5.91 Å². The number of hydrogen-bond acceptors (Lipinski definition) is 3. The Bertz CT molecular complexity index is 408. The maximum atomic E-state index is 11.9. The average molecular weight is 287 g/mol. The van der Waals surface area contributed by atoms with Crippen molar-refractivity contribution in [3.63, 3.8) is 0 Å². The van der Waals surface area contributed by atoms with Gasteiger partial charge in [0.2, 0.25) is 0 Å². The third kappa shape index (κ3) is 4.52. The third-order valence-corrected chi connectivity index (χ3v) is 3.41. The quantitative estimate of drug-likeness (QED) is 0.788. The Hall–Kier alpha value is -0.710. The molecule has 0 aromatic heterocycles. The maximum Gasteiger partial charge on any atom is 0.252 e. The van der Waals surface area contributed by atoms with E-state index >= 15 is 0 Å². The number of thiol groups is 1. The number of amides is 1. The van der Waals surface area contributed by atoms with Crippen molar-refractivity contribution >= 4 is 30.1 Å². The van der Waals surface area contributed by atoms with Gasteiger partial charge in [-0.25, -0.2) is 0 Å². The molecule has 0 aliphatic rings. The highest BCUT2D eigenvalue weighted by molar-refractivity contribution is 7.80. The average Bonchev–Trinajstić information content (AvgIpc) is 2.37. The summed E-state index contributed by atoms with van der Waals surface area (Å²) in [5.74, 6) is -0.150. The number of nitrogens with zero attached hydrogens (tertiary/aromatic N) is 1. The standard InChI is InChI=1S/C13H19ClN2OS/c1-3-16(4-2)8-7-15-13(17)11-9-10(18)5-6-12(11)14/h5-6,9,18H,3-4,7-8H2,1-2H3,(H,15,17). The van der Waals surface area contributed by atoms with Gasteiger partial charge in [-0.1, -0.05) is 25.4 Å². The molecule has 0 aliphatic carbocycles. The van der Waals surface area contributed by atoms with Crippen molar-refractivity contribution in [2.75, 3.05) is 26.2 Å². The van der Waals surface area contributed by atoms with E-state index in [4.69, 9.17) is 11.6 Å². The van der Waals surface area contributed by atoms with Crippen molar-refractivity contribution in [3.05, 3.63) is 28.8 Å². The number of rotatable bonds is 6. The summed E-state index contributed by atoms with van der Waals surface area (Å²) in [6, 6.07) is 5.12. The Balaban J connectivity index is 2.53. The molecule has 100 valence electrons. The van der Waals surface area contributed by atoms with Crippen LogP contribution in [0.15, 0.2) is 23.1 Å². The Morgan fingerprint density at radius 3 is 2.67 bits per heavy atom. The minimum absolute atomic E-state index is 0.150. The molecule has 1 amide bonds. The van der Waals surface area contributed by atoms with E-state index in [1.807, 2.05) is 0 Å². The number of benzene rings is 1. The fraction of sp³-hybridized carbons (Fsp3) is 0.462. The zero-order chi connectivity index (χ0) is 13.5. The molecular formula is C13H19ClN2OS. The molecule has 0 heterocycles. The number of carbonyl (C=O) groups is 1. The molecule has 1 rings (SSSR count). The number of halogens is 1. The van der Waals surface area contributed by atoms with E-state index < -0.39 is 0 Å². The van der Waals surface area contributed by atoms with Gasteiger partial charge in [-0.15, -0.1) is 12.6 Å². The van der Waals surface area contributed by atoms with Crippen molar-refractivity contribution < 1.29 is 4.79 Å². The SMILES string of the molecule is CCN(CC)CCNC(=O)c1cc(S)ccc1Cl. The number of nitrogens with one attached hydrogen (secondary N) is 1. The van der Waals surface area contributed by atoms with Gasteiger partial charge in [0, 0.05) is 18.0 Å². The molecule has 5 heteroatoms. The topological polar surface area (TPSA) is 32.3 Å². The van der Waals surface area contributed by atoms with Crippen molar-refractivity contribution in [2.24, 2.45) is 0 Å². The van der Waals surface area contributed by atoms with Gasteiger partial charge in [0.15, 0.2) is 0 Å². The minimum Gasteiger partial charge on any atom is -0.351 e. The first kappa shape index (κ1) is 15.3. The van der Waals surface area contributed by atoms with Gasteiger partial charge in [-0.2, -0.15) is 0 Å². The highest BCUT2D eigenvalue weighted by atomic mass is 35.5. The van der Waals surface area contributed by atoms with Crippen molar-refractivity contribution in [1.82, 2.24) is 10.2 Å². The normalized spacial score (nSPS) is 10.7. The van der Waals surface area contributed by atoms with Crippen LogP contribution in [0.2, 0.25) is 5.02 Å². The summed E-state index contributed by atoms with van der Waals surface area (Å²) >= 11 is 10.2. The molecule has 18 heavy (non-hydrogen) atoms. The summed E-state index contributed by atoms with van der Waals surface area (Å²) < 4.78 is 0. The molecule has 0 saturated heterocycles. The van der Waals surface area contributed by atoms with Crippen LogP contribution in [-0.2, 0) is 0 Å². The lowest BCUT2D eigenvalue weighted by molar-refractivity contribution is 0.0949. The van der Waals surface area contributed by atoms with E-state index in [0.717, 1.165) is 24.5 Å². The van der Waals surface area contributed by atoms with Crippen LogP contribution in [0, 0.1) is 0 Å². The lowest BCUT2D eigenvalue weighted by Gasteiger charge is -2.18. The molecule has 0 aliphatic heterocycles. The summed E-state index contributed by atoms with van der Waals surface area (Å²) in [7, 11) is 0.